The van der Waals surface area contributed by atoms with Gasteiger partial charge in [-0.15, -0.1) is 0 Å². The van der Waals surface area contributed by atoms with Gasteiger partial charge in [0.1, 0.15) is 0 Å². The third kappa shape index (κ3) is 4.04. The second-order valence-electron chi connectivity index (χ2n) is 4.23. The normalized spacial score (nSPS) is 12.4. The maximum atomic E-state index is 6.12. The molecule has 0 radical (unpaired) electrons. The molecule has 5 heteroatoms. The second-order valence-corrected chi connectivity index (χ2v) is 6.40. The summed E-state index contributed by atoms with van der Waals surface area (Å²) in [4.78, 5) is 0. The summed E-state index contributed by atoms with van der Waals surface area (Å²) in [5, 5.41) is 0.687. The Morgan fingerprint density at radius 3 is 2.58 bits per heavy atom. The van der Waals surface area contributed by atoms with Crippen LogP contribution in [-0.2, 0) is 6.42 Å². The minimum absolute atomic E-state index is 0.0277. The molecule has 2 nitrogen and oxygen atoms in total. The monoisotopic (exact) mass is 402 g/mol. The van der Waals surface area contributed by atoms with Crippen molar-refractivity contribution in [1.82, 2.24) is 5.43 Å². The number of nitrogens with two attached hydrogens (primary N) is 1. The predicted octanol–water partition coefficient (Wildman–Crippen LogP) is 4.61. The summed E-state index contributed by atoms with van der Waals surface area (Å²) in [6, 6.07) is 14.1. The maximum Gasteiger partial charge on any atom is 0.0551 e. The summed E-state index contributed by atoms with van der Waals surface area (Å²) < 4.78 is 1.95. The Morgan fingerprint density at radius 2 is 1.95 bits per heavy atom. The summed E-state index contributed by atoms with van der Waals surface area (Å²) in [5.74, 6) is 5.66. The van der Waals surface area contributed by atoms with E-state index in [1.165, 1.54) is 5.56 Å². The van der Waals surface area contributed by atoms with E-state index in [1.807, 2.05) is 30.3 Å². The third-order valence-electron chi connectivity index (χ3n) is 2.88. The highest BCUT2D eigenvalue weighted by Gasteiger charge is 2.12. The van der Waals surface area contributed by atoms with Crippen molar-refractivity contribution in [2.45, 2.75) is 12.5 Å². The van der Waals surface area contributed by atoms with Gasteiger partial charge >= 0.3 is 0 Å². The molecule has 0 spiro atoms. The van der Waals surface area contributed by atoms with Crippen molar-refractivity contribution in [3.8, 4) is 0 Å². The van der Waals surface area contributed by atoms with E-state index in [0.29, 0.717) is 5.02 Å². The Bertz CT molecular complexity index is 575. The highest BCUT2D eigenvalue weighted by Crippen LogP contribution is 2.27. The van der Waals surface area contributed by atoms with Gasteiger partial charge in [-0.1, -0.05) is 45.7 Å². The molecule has 0 aliphatic carbocycles. The quantitative estimate of drug-likeness (QED) is 0.577. The molecule has 0 aromatic heterocycles. The average molecular weight is 405 g/mol. The molecule has 3 N–H and O–H groups in total. The lowest BCUT2D eigenvalue weighted by Crippen LogP contribution is -2.29. The molecule has 0 bridgehead atoms. The smallest absolute Gasteiger partial charge is 0.0551 e. The highest BCUT2D eigenvalue weighted by atomic mass is 79.9. The number of hydrogen-bond donors (Lipinski definition) is 2. The molecular weight excluding hydrogens is 391 g/mol. The minimum Gasteiger partial charge on any atom is -0.271 e. The van der Waals surface area contributed by atoms with E-state index in [0.717, 1.165) is 20.9 Å². The van der Waals surface area contributed by atoms with Crippen molar-refractivity contribution in [2.75, 3.05) is 0 Å². The molecule has 2 aromatic carbocycles. The molecule has 0 aliphatic rings. The number of nitrogens with one attached hydrogen (secondary N) is 1. The predicted molar refractivity (Wildman–Crippen MR) is 87.1 cm³/mol. The lowest BCUT2D eigenvalue weighted by molar-refractivity contribution is 0.552. The van der Waals surface area contributed by atoms with Gasteiger partial charge in [-0.2, -0.15) is 0 Å². The van der Waals surface area contributed by atoms with E-state index < -0.39 is 0 Å². The zero-order valence-corrected chi connectivity index (χ0v) is 14.0. The fourth-order valence-corrected chi connectivity index (χ4v) is 2.78. The summed E-state index contributed by atoms with van der Waals surface area (Å²) in [7, 11) is 0. The van der Waals surface area contributed by atoms with E-state index in [1.54, 1.807) is 0 Å². The van der Waals surface area contributed by atoms with Crippen molar-refractivity contribution in [2.24, 2.45) is 5.84 Å². The van der Waals surface area contributed by atoms with Gasteiger partial charge in [-0.3, -0.25) is 11.3 Å². The Morgan fingerprint density at radius 1 is 1.16 bits per heavy atom. The summed E-state index contributed by atoms with van der Waals surface area (Å²) in [5.41, 5.74) is 5.11. The van der Waals surface area contributed by atoms with Crippen molar-refractivity contribution < 1.29 is 0 Å². The number of benzene rings is 2. The fourth-order valence-electron chi connectivity index (χ4n) is 1.90. The molecule has 19 heavy (non-hydrogen) atoms. The van der Waals surface area contributed by atoms with Crippen LogP contribution in [0, 0.1) is 0 Å². The van der Waals surface area contributed by atoms with Crippen LogP contribution in [0.15, 0.2) is 51.4 Å². The summed E-state index contributed by atoms with van der Waals surface area (Å²) >= 11 is 13.0. The largest absolute Gasteiger partial charge is 0.271 e. The van der Waals surface area contributed by atoms with Gasteiger partial charge in [-0.05, 0) is 57.7 Å². The van der Waals surface area contributed by atoms with E-state index in [2.05, 4.69) is 49.4 Å². The first-order valence-electron chi connectivity index (χ1n) is 5.75. The molecule has 0 amide bonds. The van der Waals surface area contributed by atoms with Crippen LogP contribution in [0.4, 0.5) is 0 Å². The van der Waals surface area contributed by atoms with Crippen molar-refractivity contribution in [3.05, 3.63) is 67.6 Å². The first-order valence-corrected chi connectivity index (χ1v) is 7.72. The summed E-state index contributed by atoms with van der Waals surface area (Å²) in [6.45, 7) is 0. The molecular formula is C14H13Br2ClN2. The molecule has 1 unspecified atom stereocenters. The van der Waals surface area contributed by atoms with Gasteiger partial charge in [0.05, 0.1) is 11.1 Å². The maximum absolute atomic E-state index is 6.12. The standard InChI is InChI=1S/C14H13Br2ClN2/c15-11-3-1-2-9(6-11)7-14(19-18)10-4-5-12(16)13(17)8-10/h1-6,8,14,19H,7,18H2. The minimum atomic E-state index is 0.0277. The SMILES string of the molecule is NNC(Cc1cccc(Br)c1)c1ccc(Br)c(Cl)c1. The Balaban J connectivity index is 2.22. The first kappa shape index (κ1) is 15.0. The number of hydrogen-bond acceptors (Lipinski definition) is 2. The van der Waals surface area contributed by atoms with Gasteiger partial charge in [0.15, 0.2) is 0 Å². The molecule has 0 saturated carbocycles. The van der Waals surface area contributed by atoms with E-state index in [4.69, 9.17) is 17.4 Å². The van der Waals surface area contributed by atoms with Crippen molar-refractivity contribution in [3.63, 3.8) is 0 Å². The Kier molecular flexibility index (Phi) is 5.42. The number of hydrazine groups is 1. The van der Waals surface area contributed by atoms with Crippen molar-refractivity contribution >= 4 is 43.5 Å². The van der Waals surface area contributed by atoms with E-state index >= 15 is 0 Å². The lowest BCUT2D eigenvalue weighted by Gasteiger charge is -2.17. The molecule has 2 aromatic rings. The van der Waals surface area contributed by atoms with Crippen LogP contribution in [0.2, 0.25) is 5.02 Å². The van der Waals surface area contributed by atoms with Crippen LogP contribution in [0.5, 0.6) is 0 Å². The van der Waals surface area contributed by atoms with Crippen LogP contribution in [-0.4, -0.2) is 0 Å². The van der Waals surface area contributed by atoms with Gasteiger partial charge in [0.2, 0.25) is 0 Å². The lowest BCUT2D eigenvalue weighted by atomic mass is 9.99. The van der Waals surface area contributed by atoms with Gasteiger partial charge in [-0.25, -0.2) is 0 Å². The van der Waals surface area contributed by atoms with Crippen LogP contribution in [0.3, 0.4) is 0 Å². The van der Waals surface area contributed by atoms with Gasteiger partial charge < -0.3 is 0 Å². The Labute approximate surface area is 134 Å². The zero-order chi connectivity index (χ0) is 13.8. The average Bonchev–Trinajstić information content (AvgIpc) is 2.39. The van der Waals surface area contributed by atoms with Crippen molar-refractivity contribution in [1.29, 1.82) is 0 Å². The van der Waals surface area contributed by atoms with Crippen LogP contribution in [0.1, 0.15) is 17.2 Å². The Hall–Kier alpha value is -0.390. The van der Waals surface area contributed by atoms with Gasteiger partial charge in [0, 0.05) is 8.95 Å². The number of halogens is 3. The third-order valence-corrected chi connectivity index (χ3v) is 4.60. The molecule has 1 atom stereocenters. The van der Waals surface area contributed by atoms with Crippen LogP contribution in [0.25, 0.3) is 0 Å². The second kappa shape index (κ2) is 6.86. The molecule has 0 heterocycles. The molecule has 2 rings (SSSR count). The summed E-state index contributed by atoms with van der Waals surface area (Å²) in [6.07, 6.45) is 0.800. The zero-order valence-electron chi connectivity index (χ0n) is 10.0. The fraction of sp³-hybridized carbons (Fsp3) is 0.143. The van der Waals surface area contributed by atoms with Crippen LogP contribution >= 0.6 is 43.5 Å². The van der Waals surface area contributed by atoms with E-state index in [-0.39, 0.29) is 6.04 Å². The molecule has 0 aliphatic heterocycles. The van der Waals surface area contributed by atoms with Crippen LogP contribution < -0.4 is 11.3 Å². The topological polar surface area (TPSA) is 38.0 Å². The number of rotatable bonds is 4. The highest BCUT2D eigenvalue weighted by molar-refractivity contribution is 9.10. The molecule has 0 saturated heterocycles. The first-order chi connectivity index (χ1) is 9.10. The van der Waals surface area contributed by atoms with Gasteiger partial charge in [0.25, 0.3) is 0 Å². The van der Waals surface area contributed by atoms with E-state index in [9.17, 15) is 0 Å². The molecule has 100 valence electrons. The molecule has 0 fully saturated rings.